The van der Waals surface area contributed by atoms with Crippen molar-refractivity contribution in [1.29, 1.82) is 0 Å². The van der Waals surface area contributed by atoms with Crippen molar-refractivity contribution in [3.63, 3.8) is 0 Å². The quantitative estimate of drug-likeness (QED) is 0.622. The maximum absolute atomic E-state index is 12.3. The Kier molecular flexibility index (Phi) is 7.11. The Morgan fingerprint density at radius 2 is 1.79 bits per heavy atom. The van der Waals surface area contributed by atoms with Gasteiger partial charge in [-0.2, -0.15) is 0 Å². The van der Waals surface area contributed by atoms with Gasteiger partial charge in [0, 0.05) is 30.0 Å². The minimum atomic E-state index is -0.314. The number of rotatable bonds is 7. The number of carbonyl (C=O) groups is 2. The summed E-state index contributed by atoms with van der Waals surface area (Å²) in [5.74, 6) is 0.961. The van der Waals surface area contributed by atoms with Crippen LogP contribution >= 0.6 is 0 Å². The van der Waals surface area contributed by atoms with Crippen LogP contribution in [0, 0.1) is 6.92 Å². The van der Waals surface area contributed by atoms with Crippen LogP contribution in [0.4, 0.5) is 21.9 Å². The molecule has 0 aliphatic carbocycles. The first-order valence-corrected chi connectivity index (χ1v) is 10.3. The summed E-state index contributed by atoms with van der Waals surface area (Å²) in [5, 5.41) is 5.66. The number of anilines is 3. The van der Waals surface area contributed by atoms with E-state index in [2.05, 4.69) is 17.6 Å². The van der Waals surface area contributed by atoms with E-state index >= 15 is 0 Å². The van der Waals surface area contributed by atoms with Gasteiger partial charge in [-0.05, 0) is 74.2 Å². The van der Waals surface area contributed by atoms with Crippen LogP contribution in [0.5, 0.6) is 5.75 Å². The Hall–Kier alpha value is -3.02. The monoisotopic (exact) mass is 395 g/mol. The average molecular weight is 396 g/mol. The highest BCUT2D eigenvalue weighted by Crippen LogP contribution is 2.27. The minimum absolute atomic E-state index is 0.167. The molecular weight excluding hydrogens is 366 g/mol. The number of unbranched alkanes of at least 4 members (excludes halogenated alkanes) is 1. The number of hydrogen-bond acceptors (Lipinski definition) is 3. The molecule has 2 N–H and O–H groups in total. The van der Waals surface area contributed by atoms with E-state index in [0.29, 0.717) is 24.4 Å². The van der Waals surface area contributed by atoms with Crippen LogP contribution in [-0.4, -0.2) is 25.1 Å². The van der Waals surface area contributed by atoms with E-state index in [1.54, 1.807) is 0 Å². The second-order valence-corrected chi connectivity index (χ2v) is 7.31. The Labute approximate surface area is 172 Å². The Bertz CT molecular complexity index is 849. The van der Waals surface area contributed by atoms with Crippen LogP contribution in [0.25, 0.3) is 0 Å². The van der Waals surface area contributed by atoms with E-state index in [1.807, 2.05) is 54.3 Å². The van der Waals surface area contributed by atoms with Crippen LogP contribution in [0.1, 0.15) is 44.6 Å². The van der Waals surface area contributed by atoms with E-state index < -0.39 is 0 Å². The molecule has 6 heteroatoms. The van der Waals surface area contributed by atoms with Gasteiger partial charge in [0.05, 0.1) is 6.61 Å². The molecule has 154 valence electrons. The lowest BCUT2D eigenvalue weighted by molar-refractivity contribution is -0.119. The molecule has 0 radical (unpaired) electrons. The predicted octanol–water partition coefficient (Wildman–Crippen LogP) is 5.33. The highest BCUT2D eigenvalue weighted by atomic mass is 16.5. The second-order valence-electron chi connectivity index (χ2n) is 7.31. The van der Waals surface area contributed by atoms with Crippen molar-refractivity contribution in [1.82, 2.24) is 0 Å². The number of aryl methyl sites for hydroxylation is 1. The zero-order chi connectivity index (χ0) is 20.6. The van der Waals surface area contributed by atoms with Crippen molar-refractivity contribution in [2.75, 3.05) is 28.7 Å². The van der Waals surface area contributed by atoms with Crippen LogP contribution in [0.2, 0.25) is 0 Å². The standard InChI is InChI=1S/C23H29N3O3/c1-3-4-15-29-20-11-8-18(9-12-20)24-23(28)25-19-10-13-21(17(2)16-19)26-14-6-5-7-22(26)27/h8-13,16H,3-7,14-15H2,1-2H3,(H2,24,25,28). The number of urea groups is 1. The number of amides is 3. The van der Waals surface area contributed by atoms with Crippen LogP contribution < -0.4 is 20.3 Å². The van der Waals surface area contributed by atoms with E-state index in [4.69, 9.17) is 4.74 Å². The van der Waals surface area contributed by atoms with Gasteiger partial charge in [0.1, 0.15) is 5.75 Å². The maximum Gasteiger partial charge on any atom is 0.323 e. The third kappa shape index (κ3) is 5.73. The zero-order valence-electron chi connectivity index (χ0n) is 17.2. The number of nitrogens with zero attached hydrogens (tertiary/aromatic N) is 1. The van der Waals surface area contributed by atoms with Gasteiger partial charge in [-0.3, -0.25) is 4.79 Å². The summed E-state index contributed by atoms with van der Waals surface area (Å²) in [6.45, 7) is 5.53. The van der Waals surface area contributed by atoms with E-state index in [1.165, 1.54) is 0 Å². The molecule has 1 heterocycles. The van der Waals surface area contributed by atoms with Crippen LogP contribution in [0.3, 0.4) is 0 Å². The lowest BCUT2D eigenvalue weighted by Gasteiger charge is -2.28. The first kappa shape index (κ1) is 20.7. The average Bonchev–Trinajstić information content (AvgIpc) is 2.70. The molecule has 3 rings (SSSR count). The Morgan fingerprint density at radius 3 is 2.48 bits per heavy atom. The normalized spacial score (nSPS) is 13.9. The molecule has 1 aliphatic rings. The third-order valence-corrected chi connectivity index (χ3v) is 4.95. The van der Waals surface area contributed by atoms with E-state index in [0.717, 1.165) is 49.2 Å². The van der Waals surface area contributed by atoms with Crippen molar-refractivity contribution in [3.05, 3.63) is 48.0 Å². The molecule has 0 aromatic heterocycles. The topological polar surface area (TPSA) is 70.7 Å². The smallest absolute Gasteiger partial charge is 0.323 e. The van der Waals surface area contributed by atoms with Gasteiger partial charge in [-0.25, -0.2) is 4.79 Å². The SMILES string of the molecule is CCCCOc1ccc(NC(=O)Nc2ccc(N3CCCCC3=O)c(C)c2)cc1. The Morgan fingerprint density at radius 1 is 1.07 bits per heavy atom. The number of ether oxygens (including phenoxy) is 1. The Balaban J connectivity index is 1.56. The molecule has 2 aromatic rings. The summed E-state index contributed by atoms with van der Waals surface area (Å²) >= 11 is 0. The molecule has 6 nitrogen and oxygen atoms in total. The molecule has 0 saturated carbocycles. The fourth-order valence-electron chi connectivity index (χ4n) is 3.36. The van der Waals surface area contributed by atoms with Crippen molar-refractivity contribution < 1.29 is 14.3 Å². The zero-order valence-corrected chi connectivity index (χ0v) is 17.2. The lowest BCUT2D eigenvalue weighted by Crippen LogP contribution is -2.35. The summed E-state index contributed by atoms with van der Waals surface area (Å²) < 4.78 is 5.63. The summed E-state index contributed by atoms with van der Waals surface area (Å²) in [6.07, 6.45) is 4.70. The number of carbonyl (C=O) groups excluding carboxylic acids is 2. The molecule has 0 unspecified atom stereocenters. The van der Waals surface area contributed by atoms with Gasteiger partial charge < -0.3 is 20.3 Å². The van der Waals surface area contributed by atoms with Gasteiger partial charge >= 0.3 is 6.03 Å². The van der Waals surface area contributed by atoms with Gasteiger partial charge in [0.25, 0.3) is 0 Å². The van der Waals surface area contributed by atoms with Gasteiger partial charge in [0.2, 0.25) is 5.91 Å². The summed E-state index contributed by atoms with van der Waals surface area (Å²) in [5.41, 5.74) is 3.26. The number of piperidine rings is 1. The summed E-state index contributed by atoms with van der Waals surface area (Å²) in [6, 6.07) is 12.6. The molecule has 0 spiro atoms. The molecular formula is C23H29N3O3. The van der Waals surface area contributed by atoms with E-state index in [-0.39, 0.29) is 11.9 Å². The second kappa shape index (κ2) is 9.96. The lowest BCUT2D eigenvalue weighted by atomic mass is 10.1. The molecule has 1 aliphatic heterocycles. The molecule has 0 bridgehead atoms. The molecule has 1 saturated heterocycles. The molecule has 3 amide bonds. The maximum atomic E-state index is 12.3. The van der Waals surface area contributed by atoms with E-state index in [9.17, 15) is 9.59 Å². The van der Waals surface area contributed by atoms with Gasteiger partial charge in [0.15, 0.2) is 0 Å². The highest BCUT2D eigenvalue weighted by molar-refractivity contribution is 6.00. The van der Waals surface area contributed by atoms with Gasteiger partial charge in [-0.1, -0.05) is 13.3 Å². The highest BCUT2D eigenvalue weighted by Gasteiger charge is 2.21. The molecule has 29 heavy (non-hydrogen) atoms. The number of hydrogen-bond donors (Lipinski definition) is 2. The first-order valence-electron chi connectivity index (χ1n) is 10.3. The predicted molar refractivity (Wildman–Crippen MR) is 117 cm³/mol. The van der Waals surface area contributed by atoms with Crippen LogP contribution in [-0.2, 0) is 4.79 Å². The first-order chi connectivity index (χ1) is 14.1. The largest absolute Gasteiger partial charge is 0.494 e. The van der Waals surface area contributed by atoms with Crippen molar-refractivity contribution in [3.8, 4) is 5.75 Å². The minimum Gasteiger partial charge on any atom is -0.494 e. The third-order valence-electron chi connectivity index (χ3n) is 4.95. The number of benzene rings is 2. The van der Waals surface area contributed by atoms with Crippen molar-refractivity contribution in [2.45, 2.75) is 46.0 Å². The molecule has 0 atom stereocenters. The molecule has 2 aromatic carbocycles. The molecule has 1 fully saturated rings. The fourth-order valence-corrected chi connectivity index (χ4v) is 3.36. The summed E-state index contributed by atoms with van der Waals surface area (Å²) in [7, 11) is 0. The van der Waals surface area contributed by atoms with Crippen molar-refractivity contribution in [2.24, 2.45) is 0 Å². The van der Waals surface area contributed by atoms with Gasteiger partial charge in [-0.15, -0.1) is 0 Å². The van der Waals surface area contributed by atoms with Crippen LogP contribution in [0.15, 0.2) is 42.5 Å². The summed E-state index contributed by atoms with van der Waals surface area (Å²) in [4.78, 5) is 26.3. The number of nitrogens with one attached hydrogen (secondary N) is 2. The van der Waals surface area contributed by atoms with Crippen molar-refractivity contribution >= 4 is 29.0 Å². The fraction of sp³-hybridized carbons (Fsp3) is 0.391.